The lowest BCUT2D eigenvalue weighted by Crippen LogP contribution is -2.45. The van der Waals surface area contributed by atoms with Gasteiger partial charge in [0.05, 0.1) is 35.6 Å². The van der Waals surface area contributed by atoms with Gasteiger partial charge in [0, 0.05) is 54.4 Å². The average Bonchev–Trinajstić information content (AvgIpc) is 3.35. The predicted octanol–water partition coefficient (Wildman–Crippen LogP) is 3.54. The van der Waals surface area contributed by atoms with Gasteiger partial charge in [0.2, 0.25) is 0 Å². The van der Waals surface area contributed by atoms with E-state index < -0.39 is 5.60 Å². The highest BCUT2D eigenvalue weighted by Crippen LogP contribution is 2.32. The minimum absolute atomic E-state index is 0.0880. The fraction of sp³-hybridized carbons (Fsp3) is 0.345. The number of aliphatic hydroxyl groups is 1. The summed E-state index contributed by atoms with van der Waals surface area (Å²) in [6, 6.07) is 9.67. The SMILES string of the molecule is C=NCc1cnn2cc(OCC(C)(C)O)cc(-c3ccc(N4CCC(NC(=O)c5cccnc5)CC4)nc3)c12. The van der Waals surface area contributed by atoms with Crippen LogP contribution in [0.25, 0.3) is 16.6 Å². The van der Waals surface area contributed by atoms with E-state index in [-0.39, 0.29) is 18.6 Å². The fourth-order valence-corrected chi connectivity index (χ4v) is 4.71. The van der Waals surface area contributed by atoms with E-state index in [0.717, 1.165) is 54.0 Å². The number of nitrogens with one attached hydrogen (secondary N) is 1. The number of carbonyl (C=O) groups is 1. The molecule has 0 spiro atoms. The molecule has 4 aromatic heterocycles. The van der Waals surface area contributed by atoms with Crippen molar-refractivity contribution in [2.45, 2.75) is 44.9 Å². The van der Waals surface area contributed by atoms with Crippen molar-refractivity contribution < 1.29 is 14.6 Å². The van der Waals surface area contributed by atoms with Crippen LogP contribution in [0.4, 0.5) is 5.82 Å². The van der Waals surface area contributed by atoms with E-state index in [1.54, 1.807) is 55.3 Å². The molecule has 0 unspecified atom stereocenters. The second-order valence-corrected chi connectivity index (χ2v) is 10.4. The van der Waals surface area contributed by atoms with E-state index in [2.05, 4.69) is 32.0 Å². The summed E-state index contributed by atoms with van der Waals surface area (Å²) < 4.78 is 7.66. The third-order valence-corrected chi connectivity index (χ3v) is 6.67. The molecule has 0 aliphatic carbocycles. The first-order valence-electron chi connectivity index (χ1n) is 13.0. The van der Waals surface area contributed by atoms with Crippen LogP contribution in [0.15, 0.2) is 66.3 Å². The number of pyridine rings is 3. The van der Waals surface area contributed by atoms with Crippen molar-refractivity contribution in [1.29, 1.82) is 0 Å². The molecule has 2 N–H and O–H groups in total. The smallest absolute Gasteiger partial charge is 0.253 e. The first-order chi connectivity index (χ1) is 18.8. The Bertz CT molecular complexity index is 1440. The van der Waals surface area contributed by atoms with Gasteiger partial charge < -0.3 is 20.1 Å². The van der Waals surface area contributed by atoms with E-state index in [9.17, 15) is 9.90 Å². The number of fused-ring (bicyclic) bond motifs is 1. The Morgan fingerprint density at radius 3 is 2.72 bits per heavy atom. The van der Waals surface area contributed by atoms with Crippen molar-refractivity contribution in [3.63, 3.8) is 0 Å². The molecule has 0 aromatic carbocycles. The van der Waals surface area contributed by atoms with Gasteiger partial charge in [0.25, 0.3) is 5.91 Å². The highest BCUT2D eigenvalue weighted by atomic mass is 16.5. The van der Waals surface area contributed by atoms with Crippen molar-refractivity contribution in [2.24, 2.45) is 4.99 Å². The van der Waals surface area contributed by atoms with Crippen molar-refractivity contribution in [2.75, 3.05) is 24.6 Å². The first-order valence-corrected chi connectivity index (χ1v) is 13.0. The normalized spacial score (nSPS) is 14.4. The summed E-state index contributed by atoms with van der Waals surface area (Å²) in [7, 11) is 0. The van der Waals surface area contributed by atoms with E-state index in [4.69, 9.17) is 9.72 Å². The molecule has 10 heteroatoms. The molecule has 1 amide bonds. The van der Waals surface area contributed by atoms with Crippen LogP contribution in [-0.2, 0) is 6.54 Å². The van der Waals surface area contributed by atoms with Gasteiger partial charge >= 0.3 is 0 Å². The minimum atomic E-state index is -0.963. The van der Waals surface area contributed by atoms with Crippen LogP contribution in [0.5, 0.6) is 5.75 Å². The summed E-state index contributed by atoms with van der Waals surface area (Å²) in [5.41, 5.74) is 3.31. The van der Waals surface area contributed by atoms with Gasteiger partial charge in [-0.25, -0.2) is 9.50 Å². The molecule has 0 saturated carbocycles. The Hall–Kier alpha value is -4.31. The highest BCUT2D eigenvalue weighted by molar-refractivity contribution is 5.94. The Morgan fingerprint density at radius 1 is 1.23 bits per heavy atom. The van der Waals surface area contributed by atoms with Crippen LogP contribution >= 0.6 is 0 Å². The number of amides is 1. The van der Waals surface area contributed by atoms with Gasteiger partial charge in [-0.15, -0.1) is 0 Å². The Labute approximate surface area is 227 Å². The van der Waals surface area contributed by atoms with Crippen LogP contribution in [0, 0.1) is 0 Å². The maximum atomic E-state index is 12.5. The first kappa shape index (κ1) is 26.3. The molecule has 1 aliphatic heterocycles. The van der Waals surface area contributed by atoms with Crippen LogP contribution in [0.2, 0.25) is 0 Å². The molecule has 202 valence electrons. The fourth-order valence-electron chi connectivity index (χ4n) is 4.71. The van der Waals surface area contributed by atoms with E-state index in [1.807, 2.05) is 24.4 Å². The number of anilines is 1. The molecule has 1 aliphatic rings. The van der Waals surface area contributed by atoms with Gasteiger partial charge in [0.1, 0.15) is 18.2 Å². The van der Waals surface area contributed by atoms with Gasteiger partial charge in [-0.2, -0.15) is 5.10 Å². The number of rotatable bonds is 9. The summed E-state index contributed by atoms with van der Waals surface area (Å²) in [5, 5.41) is 17.7. The number of nitrogens with zero attached hydrogens (tertiary/aromatic N) is 6. The lowest BCUT2D eigenvalue weighted by molar-refractivity contribution is 0.0283. The number of hydrogen-bond donors (Lipinski definition) is 2. The Balaban J connectivity index is 1.31. The number of aliphatic imine (C=N–C) groups is 1. The topological polar surface area (TPSA) is 117 Å². The number of aromatic nitrogens is 4. The second kappa shape index (κ2) is 11.2. The van der Waals surface area contributed by atoms with Gasteiger partial charge in [-0.1, -0.05) is 0 Å². The van der Waals surface area contributed by atoms with Crippen molar-refractivity contribution in [3.8, 4) is 16.9 Å². The maximum Gasteiger partial charge on any atom is 0.253 e. The molecule has 5 heterocycles. The molecule has 39 heavy (non-hydrogen) atoms. The molecule has 10 nitrogen and oxygen atoms in total. The van der Waals surface area contributed by atoms with E-state index in [1.165, 1.54) is 0 Å². The summed E-state index contributed by atoms with van der Waals surface area (Å²) in [4.78, 5) is 27.6. The van der Waals surface area contributed by atoms with Gasteiger partial charge in [-0.05, 0) is 63.7 Å². The number of hydrogen-bond acceptors (Lipinski definition) is 8. The Morgan fingerprint density at radius 2 is 2.05 bits per heavy atom. The molecule has 1 saturated heterocycles. The van der Waals surface area contributed by atoms with Gasteiger partial charge in [-0.3, -0.25) is 14.8 Å². The molecule has 4 aromatic rings. The molecule has 0 atom stereocenters. The standard InChI is InChI=1S/C29H33N7O3/c1-29(2,38)19-39-24-13-25(27-22(14-30-3)17-33-36(27)18-24)20-6-7-26(32-16-20)35-11-8-23(9-12-35)34-28(37)21-5-4-10-31-15-21/h4-7,10,13,15-18,23,38H,3,8-9,11-12,14,19H2,1-2H3,(H,34,37). The zero-order chi connectivity index (χ0) is 27.4. The lowest BCUT2D eigenvalue weighted by Gasteiger charge is -2.33. The highest BCUT2D eigenvalue weighted by Gasteiger charge is 2.23. The summed E-state index contributed by atoms with van der Waals surface area (Å²) in [6.45, 7) is 9.23. The van der Waals surface area contributed by atoms with Crippen molar-refractivity contribution in [3.05, 3.63) is 72.4 Å². The van der Waals surface area contributed by atoms with Crippen LogP contribution < -0.4 is 15.0 Å². The summed E-state index contributed by atoms with van der Waals surface area (Å²) in [5.74, 6) is 1.40. The van der Waals surface area contributed by atoms with Crippen LogP contribution in [-0.4, -0.2) is 68.7 Å². The molecule has 0 bridgehead atoms. The van der Waals surface area contributed by atoms with Crippen molar-refractivity contribution in [1.82, 2.24) is 24.9 Å². The molecule has 0 radical (unpaired) electrons. The van der Waals surface area contributed by atoms with Crippen LogP contribution in [0.1, 0.15) is 42.6 Å². The van der Waals surface area contributed by atoms with Gasteiger partial charge in [0.15, 0.2) is 0 Å². The van der Waals surface area contributed by atoms with E-state index in [0.29, 0.717) is 17.9 Å². The number of carbonyl (C=O) groups excluding carboxylic acids is 1. The largest absolute Gasteiger partial charge is 0.489 e. The average molecular weight is 528 g/mol. The predicted molar refractivity (Wildman–Crippen MR) is 150 cm³/mol. The number of piperidine rings is 1. The summed E-state index contributed by atoms with van der Waals surface area (Å²) >= 11 is 0. The quantitative estimate of drug-likeness (QED) is 0.320. The number of ether oxygens (including phenoxy) is 1. The minimum Gasteiger partial charge on any atom is -0.489 e. The maximum absolute atomic E-state index is 12.5. The van der Waals surface area contributed by atoms with Crippen molar-refractivity contribution >= 4 is 24.0 Å². The molecular weight excluding hydrogens is 494 g/mol. The third-order valence-electron chi connectivity index (χ3n) is 6.67. The second-order valence-electron chi connectivity index (χ2n) is 10.4. The zero-order valence-electron chi connectivity index (χ0n) is 22.2. The molecule has 1 fully saturated rings. The van der Waals surface area contributed by atoms with E-state index >= 15 is 0 Å². The Kier molecular flexibility index (Phi) is 7.56. The monoisotopic (exact) mass is 527 g/mol. The summed E-state index contributed by atoms with van der Waals surface area (Å²) in [6.07, 6.45) is 10.4. The molecular formula is C29H33N7O3. The lowest BCUT2D eigenvalue weighted by atomic mass is 10.0. The van der Waals surface area contributed by atoms with Crippen LogP contribution in [0.3, 0.4) is 0 Å². The zero-order valence-corrected chi connectivity index (χ0v) is 22.2. The molecule has 5 rings (SSSR count). The third kappa shape index (κ3) is 6.23.